The van der Waals surface area contributed by atoms with Crippen LogP contribution < -0.4 is 0 Å². The molecule has 0 amide bonds. The lowest BCUT2D eigenvalue weighted by molar-refractivity contribution is 0.192. The van der Waals surface area contributed by atoms with Gasteiger partial charge in [-0.1, -0.05) is 6.92 Å². The van der Waals surface area contributed by atoms with Crippen molar-refractivity contribution in [1.29, 1.82) is 0 Å². The summed E-state index contributed by atoms with van der Waals surface area (Å²) in [4.78, 5) is 4.61. The molecule has 0 aliphatic carbocycles. The molecule has 82 valence electrons. The molecule has 1 aromatic rings. The summed E-state index contributed by atoms with van der Waals surface area (Å²) in [6.45, 7) is 5.24. The summed E-state index contributed by atoms with van der Waals surface area (Å²) >= 11 is 0. The van der Waals surface area contributed by atoms with Crippen LogP contribution in [-0.4, -0.2) is 22.8 Å². The first kappa shape index (κ1) is 9.40. The van der Waals surface area contributed by atoms with E-state index in [-0.39, 0.29) is 0 Å². The van der Waals surface area contributed by atoms with E-state index in [0.717, 1.165) is 26.2 Å². The Morgan fingerprint density at radius 2 is 2.40 bits per heavy atom. The topological polar surface area (TPSA) is 27.1 Å². The van der Waals surface area contributed by atoms with Crippen LogP contribution in [0, 0.1) is 0 Å². The van der Waals surface area contributed by atoms with Crippen molar-refractivity contribution in [3.05, 3.63) is 17.7 Å². The fourth-order valence-electron chi connectivity index (χ4n) is 2.81. The Hall–Kier alpha value is -0.830. The van der Waals surface area contributed by atoms with E-state index in [4.69, 9.17) is 4.74 Å². The van der Waals surface area contributed by atoms with E-state index in [1.165, 1.54) is 24.4 Å². The maximum absolute atomic E-state index is 5.45. The van der Waals surface area contributed by atoms with Crippen molar-refractivity contribution in [3.63, 3.8) is 0 Å². The molecule has 3 heterocycles. The molecular formula is C12H18N2O. The molecule has 2 aliphatic heterocycles. The molecule has 1 saturated heterocycles. The minimum Gasteiger partial charge on any atom is -0.381 e. The van der Waals surface area contributed by atoms with Gasteiger partial charge in [0.1, 0.15) is 5.82 Å². The summed E-state index contributed by atoms with van der Waals surface area (Å²) in [6.07, 6.45) is 5.83. The Morgan fingerprint density at radius 1 is 1.47 bits per heavy atom. The minimum absolute atomic E-state index is 0.545. The molecule has 1 aromatic heterocycles. The lowest BCUT2D eigenvalue weighted by Crippen LogP contribution is -2.17. The highest BCUT2D eigenvalue weighted by atomic mass is 16.5. The second-order valence-electron chi connectivity index (χ2n) is 4.80. The van der Waals surface area contributed by atoms with E-state index in [2.05, 4.69) is 22.7 Å². The highest BCUT2D eigenvalue weighted by Gasteiger charge is 2.26. The highest BCUT2D eigenvalue weighted by Crippen LogP contribution is 2.32. The Kier molecular flexibility index (Phi) is 2.28. The van der Waals surface area contributed by atoms with Crippen molar-refractivity contribution in [2.45, 2.75) is 44.6 Å². The van der Waals surface area contributed by atoms with Gasteiger partial charge < -0.3 is 9.30 Å². The molecule has 2 aliphatic rings. The number of imidazole rings is 1. The number of hydrogen-bond acceptors (Lipinski definition) is 2. The lowest BCUT2D eigenvalue weighted by Gasteiger charge is -2.23. The predicted octanol–water partition coefficient (Wildman–Crippen LogP) is 2.28. The smallest absolute Gasteiger partial charge is 0.114 e. The number of fused-ring (bicyclic) bond motifs is 1. The number of rotatable bonds is 1. The summed E-state index contributed by atoms with van der Waals surface area (Å²) in [6, 6.07) is 0. The van der Waals surface area contributed by atoms with Crippen LogP contribution in [0.3, 0.4) is 0 Å². The summed E-state index contributed by atoms with van der Waals surface area (Å²) in [5.74, 6) is 2.50. The van der Waals surface area contributed by atoms with Crippen LogP contribution in [0.5, 0.6) is 0 Å². The van der Waals surface area contributed by atoms with E-state index in [0.29, 0.717) is 11.8 Å². The zero-order chi connectivity index (χ0) is 10.3. The van der Waals surface area contributed by atoms with Crippen molar-refractivity contribution in [2.75, 3.05) is 13.2 Å². The van der Waals surface area contributed by atoms with Gasteiger partial charge in [-0.25, -0.2) is 4.98 Å². The molecule has 0 saturated carbocycles. The van der Waals surface area contributed by atoms with Crippen molar-refractivity contribution in [3.8, 4) is 0 Å². The van der Waals surface area contributed by atoms with E-state index in [1.54, 1.807) is 0 Å². The molecule has 0 spiro atoms. The zero-order valence-corrected chi connectivity index (χ0v) is 9.28. The van der Waals surface area contributed by atoms with E-state index >= 15 is 0 Å². The minimum atomic E-state index is 0.545. The SMILES string of the molecule is CC1CCCn2c1cnc2C1CCOC1. The van der Waals surface area contributed by atoms with Gasteiger partial charge in [0, 0.05) is 31.0 Å². The van der Waals surface area contributed by atoms with Gasteiger partial charge in [-0.15, -0.1) is 0 Å². The predicted molar refractivity (Wildman–Crippen MR) is 58.1 cm³/mol. The van der Waals surface area contributed by atoms with Crippen LogP contribution in [-0.2, 0) is 11.3 Å². The van der Waals surface area contributed by atoms with Crippen molar-refractivity contribution >= 4 is 0 Å². The Labute approximate surface area is 90.5 Å². The number of hydrogen-bond donors (Lipinski definition) is 0. The van der Waals surface area contributed by atoms with Crippen molar-refractivity contribution < 1.29 is 4.74 Å². The fourth-order valence-corrected chi connectivity index (χ4v) is 2.81. The van der Waals surface area contributed by atoms with E-state index in [9.17, 15) is 0 Å². The third kappa shape index (κ3) is 1.49. The molecular weight excluding hydrogens is 188 g/mol. The van der Waals surface area contributed by atoms with Gasteiger partial charge in [0.25, 0.3) is 0 Å². The molecule has 0 aromatic carbocycles. The molecule has 2 atom stereocenters. The number of aromatic nitrogens is 2. The van der Waals surface area contributed by atoms with E-state index in [1.807, 2.05) is 0 Å². The third-order valence-corrected chi connectivity index (χ3v) is 3.74. The quantitative estimate of drug-likeness (QED) is 0.705. The van der Waals surface area contributed by atoms with Crippen molar-refractivity contribution in [1.82, 2.24) is 9.55 Å². The fraction of sp³-hybridized carbons (Fsp3) is 0.750. The van der Waals surface area contributed by atoms with Crippen LogP contribution in [0.15, 0.2) is 6.20 Å². The molecule has 15 heavy (non-hydrogen) atoms. The first-order valence-corrected chi connectivity index (χ1v) is 5.99. The maximum atomic E-state index is 5.45. The van der Waals surface area contributed by atoms with Gasteiger partial charge in [-0.2, -0.15) is 0 Å². The van der Waals surface area contributed by atoms with E-state index < -0.39 is 0 Å². The molecule has 1 fully saturated rings. The Morgan fingerprint density at radius 3 is 3.20 bits per heavy atom. The van der Waals surface area contributed by atoms with Crippen LogP contribution in [0.25, 0.3) is 0 Å². The second kappa shape index (κ2) is 3.63. The molecule has 2 unspecified atom stereocenters. The molecule has 3 heteroatoms. The Bertz CT molecular complexity index is 353. The monoisotopic (exact) mass is 206 g/mol. The molecule has 0 radical (unpaired) electrons. The van der Waals surface area contributed by atoms with Gasteiger partial charge >= 0.3 is 0 Å². The lowest BCUT2D eigenvalue weighted by atomic mass is 9.98. The number of ether oxygens (including phenoxy) is 1. The van der Waals surface area contributed by atoms with Gasteiger partial charge in [0.05, 0.1) is 6.61 Å². The van der Waals surface area contributed by atoms with Crippen LogP contribution in [0.4, 0.5) is 0 Å². The van der Waals surface area contributed by atoms with Crippen LogP contribution in [0.2, 0.25) is 0 Å². The van der Waals surface area contributed by atoms with Gasteiger partial charge in [-0.05, 0) is 25.2 Å². The standard InChI is InChI=1S/C12H18N2O/c1-9-3-2-5-14-11(9)7-13-12(14)10-4-6-15-8-10/h7,9-10H,2-6,8H2,1H3. The third-order valence-electron chi connectivity index (χ3n) is 3.74. The molecule has 3 nitrogen and oxygen atoms in total. The van der Waals surface area contributed by atoms with Gasteiger partial charge in [-0.3, -0.25) is 0 Å². The highest BCUT2D eigenvalue weighted by molar-refractivity contribution is 5.15. The maximum Gasteiger partial charge on any atom is 0.114 e. The number of nitrogens with zero attached hydrogens (tertiary/aromatic N) is 2. The van der Waals surface area contributed by atoms with Crippen molar-refractivity contribution in [2.24, 2.45) is 0 Å². The van der Waals surface area contributed by atoms with Crippen LogP contribution >= 0.6 is 0 Å². The average Bonchev–Trinajstić information content (AvgIpc) is 2.85. The van der Waals surface area contributed by atoms with Gasteiger partial charge in [0.2, 0.25) is 0 Å². The summed E-state index contributed by atoms with van der Waals surface area (Å²) in [5, 5.41) is 0. The average molecular weight is 206 g/mol. The van der Waals surface area contributed by atoms with Crippen LogP contribution in [0.1, 0.15) is 49.5 Å². The second-order valence-corrected chi connectivity index (χ2v) is 4.80. The summed E-state index contributed by atoms with van der Waals surface area (Å²) < 4.78 is 7.88. The molecule has 0 N–H and O–H groups in total. The normalized spacial score (nSPS) is 30.5. The Balaban J connectivity index is 1.95. The summed E-state index contributed by atoms with van der Waals surface area (Å²) in [5.41, 5.74) is 1.43. The first-order valence-electron chi connectivity index (χ1n) is 5.99. The summed E-state index contributed by atoms with van der Waals surface area (Å²) in [7, 11) is 0. The van der Waals surface area contributed by atoms with Gasteiger partial charge in [0.15, 0.2) is 0 Å². The molecule has 0 bridgehead atoms. The first-order chi connectivity index (χ1) is 7.36. The molecule has 3 rings (SSSR count). The largest absolute Gasteiger partial charge is 0.381 e. The zero-order valence-electron chi connectivity index (χ0n) is 9.28.